The third-order valence-electron chi connectivity index (χ3n) is 3.27. The summed E-state index contributed by atoms with van der Waals surface area (Å²) in [5.74, 6) is 0.0500. The molecule has 0 saturated heterocycles. The van der Waals surface area contributed by atoms with Crippen molar-refractivity contribution in [3.8, 4) is 10.6 Å². The van der Waals surface area contributed by atoms with Crippen LogP contribution in [0.5, 0.6) is 0 Å². The van der Waals surface area contributed by atoms with E-state index in [0.29, 0.717) is 18.0 Å². The quantitative estimate of drug-likeness (QED) is 0.705. The maximum absolute atomic E-state index is 11.8. The number of amides is 1. The van der Waals surface area contributed by atoms with Crippen LogP contribution in [0, 0.1) is 0 Å². The number of carbonyl (C=O) groups is 1. The number of carbonyl (C=O) groups excluding carboxylic acids is 1. The van der Waals surface area contributed by atoms with Gasteiger partial charge in [0.05, 0.1) is 17.1 Å². The van der Waals surface area contributed by atoms with Crippen LogP contribution in [0.25, 0.3) is 10.6 Å². The molecule has 0 aliphatic rings. The molecular weight excluding hydrogens is 348 g/mol. The van der Waals surface area contributed by atoms with E-state index in [1.807, 2.05) is 47.2 Å². The van der Waals surface area contributed by atoms with Gasteiger partial charge in [-0.2, -0.15) is 0 Å². The minimum absolute atomic E-state index is 0.0500. The molecule has 3 nitrogen and oxygen atoms in total. The van der Waals surface area contributed by atoms with Crippen LogP contribution < -0.4 is 5.32 Å². The summed E-state index contributed by atoms with van der Waals surface area (Å²) in [6.07, 6.45) is 1.16. The van der Waals surface area contributed by atoms with E-state index in [1.54, 1.807) is 22.7 Å². The number of benzene rings is 1. The van der Waals surface area contributed by atoms with Crippen LogP contribution in [0.4, 0.5) is 0 Å². The first-order valence-electron chi connectivity index (χ1n) is 7.21. The SMILES string of the molecule is O=C(Cc1cccs1)NCCc1csc(-c2ccccc2Cl)n1. The normalized spacial score (nSPS) is 10.7. The lowest BCUT2D eigenvalue weighted by Gasteiger charge is -2.02. The van der Waals surface area contributed by atoms with Crippen LogP contribution in [0.1, 0.15) is 10.6 Å². The van der Waals surface area contributed by atoms with Gasteiger partial charge < -0.3 is 5.32 Å². The third kappa shape index (κ3) is 4.41. The Bertz CT molecular complexity index is 784. The van der Waals surface area contributed by atoms with Gasteiger partial charge in [-0.3, -0.25) is 4.79 Å². The van der Waals surface area contributed by atoms with Gasteiger partial charge >= 0.3 is 0 Å². The summed E-state index contributed by atoms with van der Waals surface area (Å²) in [7, 11) is 0. The van der Waals surface area contributed by atoms with Crippen LogP contribution in [-0.4, -0.2) is 17.4 Å². The fraction of sp³-hybridized carbons (Fsp3) is 0.176. The lowest BCUT2D eigenvalue weighted by molar-refractivity contribution is -0.120. The van der Waals surface area contributed by atoms with Crippen LogP contribution in [0.15, 0.2) is 47.2 Å². The Kier molecular flexibility index (Phi) is 5.43. The monoisotopic (exact) mass is 362 g/mol. The number of nitrogens with zero attached hydrogens (tertiary/aromatic N) is 1. The van der Waals surface area contributed by atoms with E-state index in [1.165, 1.54) is 0 Å². The van der Waals surface area contributed by atoms with Crippen LogP contribution in [0.2, 0.25) is 5.02 Å². The molecule has 3 aromatic rings. The van der Waals surface area contributed by atoms with E-state index in [-0.39, 0.29) is 5.91 Å². The minimum Gasteiger partial charge on any atom is -0.355 e. The van der Waals surface area contributed by atoms with Crippen LogP contribution in [-0.2, 0) is 17.6 Å². The predicted octanol–water partition coefficient (Wildman–Crippen LogP) is 4.43. The van der Waals surface area contributed by atoms with E-state index in [9.17, 15) is 4.79 Å². The van der Waals surface area contributed by atoms with E-state index >= 15 is 0 Å². The molecule has 23 heavy (non-hydrogen) atoms. The van der Waals surface area contributed by atoms with E-state index in [0.717, 1.165) is 27.6 Å². The average molecular weight is 363 g/mol. The smallest absolute Gasteiger partial charge is 0.225 e. The molecule has 0 bridgehead atoms. The standard InChI is InChI=1S/C17H15ClN2OS2/c18-15-6-2-1-5-14(15)17-20-12(11-23-17)7-8-19-16(21)10-13-4-3-9-22-13/h1-6,9,11H,7-8,10H2,(H,19,21). The third-order valence-corrected chi connectivity index (χ3v) is 5.40. The fourth-order valence-corrected chi connectivity index (χ4v) is 4.02. The minimum atomic E-state index is 0.0500. The van der Waals surface area contributed by atoms with Gasteiger partial charge in [0.25, 0.3) is 0 Å². The van der Waals surface area contributed by atoms with E-state index in [4.69, 9.17) is 11.6 Å². The zero-order valence-corrected chi connectivity index (χ0v) is 14.7. The molecule has 0 radical (unpaired) electrons. The molecule has 1 amide bonds. The van der Waals surface area contributed by atoms with Crippen molar-refractivity contribution >= 4 is 40.2 Å². The summed E-state index contributed by atoms with van der Waals surface area (Å²) in [6.45, 7) is 0.593. The highest BCUT2D eigenvalue weighted by atomic mass is 35.5. The maximum atomic E-state index is 11.8. The molecule has 0 unspecified atom stereocenters. The van der Waals surface area contributed by atoms with Crippen molar-refractivity contribution in [2.45, 2.75) is 12.8 Å². The highest BCUT2D eigenvalue weighted by Gasteiger charge is 2.09. The van der Waals surface area contributed by atoms with Gasteiger partial charge in [0.15, 0.2) is 0 Å². The zero-order valence-electron chi connectivity index (χ0n) is 12.3. The van der Waals surface area contributed by atoms with Crippen molar-refractivity contribution in [3.05, 3.63) is 62.8 Å². The predicted molar refractivity (Wildman–Crippen MR) is 97.3 cm³/mol. The summed E-state index contributed by atoms with van der Waals surface area (Å²) >= 11 is 9.36. The molecule has 1 aromatic carbocycles. The molecule has 2 aromatic heterocycles. The first kappa shape index (κ1) is 16.2. The van der Waals surface area contributed by atoms with Crippen LogP contribution >= 0.6 is 34.3 Å². The largest absolute Gasteiger partial charge is 0.355 e. The number of aromatic nitrogens is 1. The Morgan fingerprint density at radius 3 is 2.83 bits per heavy atom. The first-order chi connectivity index (χ1) is 11.2. The summed E-state index contributed by atoms with van der Waals surface area (Å²) in [5.41, 5.74) is 1.92. The van der Waals surface area contributed by atoms with Crippen molar-refractivity contribution in [1.29, 1.82) is 0 Å². The number of halogens is 1. The van der Waals surface area contributed by atoms with Crippen molar-refractivity contribution < 1.29 is 4.79 Å². The van der Waals surface area contributed by atoms with E-state index in [2.05, 4.69) is 10.3 Å². The number of thiazole rings is 1. The van der Waals surface area contributed by atoms with Crippen molar-refractivity contribution in [3.63, 3.8) is 0 Å². The second kappa shape index (κ2) is 7.73. The molecule has 0 aliphatic heterocycles. The van der Waals surface area contributed by atoms with Gasteiger partial charge in [0.1, 0.15) is 5.01 Å². The summed E-state index contributed by atoms with van der Waals surface area (Å²) in [4.78, 5) is 17.5. The van der Waals surface area contributed by atoms with E-state index < -0.39 is 0 Å². The van der Waals surface area contributed by atoms with Gasteiger partial charge in [0.2, 0.25) is 5.91 Å². The highest BCUT2D eigenvalue weighted by Crippen LogP contribution is 2.30. The average Bonchev–Trinajstić information content (AvgIpc) is 3.20. The number of hydrogen-bond acceptors (Lipinski definition) is 4. The van der Waals surface area contributed by atoms with Crippen molar-refractivity contribution in [2.75, 3.05) is 6.54 Å². The van der Waals surface area contributed by atoms with Crippen molar-refractivity contribution in [2.24, 2.45) is 0 Å². The second-order valence-electron chi connectivity index (χ2n) is 4.98. The lowest BCUT2D eigenvalue weighted by Crippen LogP contribution is -2.27. The van der Waals surface area contributed by atoms with Gasteiger partial charge in [-0.1, -0.05) is 35.9 Å². The molecule has 0 atom stereocenters. The van der Waals surface area contributed by atoms with Gasteiger partial charge in [0, 0.05) is 28.8 Å². The second-order valence-corrected chi connectivity index (χ2v) is 7.28. The number of rotatable bonds is 6. The van der Waals surface area contributed by atoms with Gasteiger partial charge in [-0.25, -0.2) is 4.98 Å². The van der Waals surface area contributed by atoms with Crippen molar-refractivity contribution in [1.82, 2.24) is 10.3 Å². The Morgan fingerprint density at radius 2 is 2.04 bits per heavy atom. The summed E-state index contributed by atoms with van der Waals surface area (Å²) < 4.78 is 0. The Hall–Kier alpha value is -1.69. The molecule has 0 aliphatic carbocycles. The molecule has 1 N–H and O–H groups in total. The molecule has 0 spiro atoms. The molecule has 3 rings (SSSR count). The Labute approximate surface area is 148 Å². The Morgan fingerprint density at radius 1 is 1.17 bits per heavy atom. The Balaban J connectivity index is 1.52. The van der Waals surface area contributed by atoms with Gasteiger partial charge in [-0.05, 0) is 17.5 Å². The lowest BCUT2D eigenvalue weighted by atomic mass is 10.2. The summed E-state index contributed by atoms with van der Waals surface area (Å²) in [5, 5.41) is 8.55. The number of thiophene rings is 1. The molecule has 0 fully saturated rings. The highest BCUT2D eigenvalue weighted by molar-refractivity contribution is 7.13. The topological polar surface area (TPSA) is 42.0 Å². The molecular formula is C17H15ClN2OS2. The first-order valence-corrected chi connectivity index (χ1v) is 9.34. The molecule has 0 saturated carbocycles. The van der Waals surface area contributed by atoms with Crippen LogP contribution in [0.3, 0.4) is 0 Å². The molecule has 2 heterocycles. The molecule has 6 heteroatoms. The summed E-state index contributed by atoms with van der Waals surface area (Å²) in [6, 6.07) is 11.6. The zero-order chi connectivity index (χ0) is 16.1. The fourth-order valence-electron chi connectivity index (χ4n) is 2.14. The molecule has 118 valence electrons. The number of nitrogens with one attached hydrogen (secondary N) is 1. The van der Waals surface area contributed by atoms with Gasteiger partial charge in [-0.15, -0.1) is 22.7 Å². The maximum Gasteiger partial charge on any atom is 0.225 e. The number of hydrogen-bond donors (Lipinski definition) is 1.